The van der Waals surface area contributed by atoms with E-state index < -0.39 is 0 Å². The van der Waals surface area contributed by atoms with E-state index in [1.165, 1.54) is 0 Å². The van der Waals surface area contributed by atoms with Crippen molar-refractivity contribution in [2.45, 2.75) is 13.8 Å². The number of anilines is 2. The Hall–Kier alpha value is -2.82. The highest BCUT2D eigenvalue weighted by atomic mass is 16.2. The first kappa shape index (κ1) is 16.5. The molecule has 0 aliphatic rings. The lowest BCUT2D eigenvalue weighted by Crippen LogP contribution is -2.23. The number of hydrogen-bond acceptors (Lipinski definition) is 3. The second kappa shape index (κ2) is 7.98. The van der Waals surface area contributed by atoms with Gasteiger partial charge >= 0.3 is 0 Å². The van der Waals surface area contributed by atoms with Gasteiger partial charge in [-0.1, -0.05) is 23.8 Å². The lowest BCUT2D eigenvalue weighted by Gasteiger charge is -2.09. The summed E-state index contributed by atoms with van der Waals surface area (Å²) in [5.41, 5.74) is 3.20. The van der Waals surface area contributed by atoms with E-state index in [1.807, 2.05) is 44.2 Å². The standard InChI is InChI=1S/C18H21N3O2/c1-3-19-18(23)14-5-4-6-16(11-14)20-12-17(22)21-15-9-7-13(2)8-10-15/h4-11,20H,3,12H2,1-2H3,(H,19,23)(H,21,22). The van der Waals surface area contributed by atoms with Crippen LogP contribution in [0.4, 0.5) is 11.4 Å². The van der Waals surface area contributed by atoms with Crippen LogP contribution in [-0.2, 0) is 4.79 Å². The Bertz CT molecular complexity index is 681. The molecule has 0 atom stereocenters. The maximum absolute atomic E-state index is 11.9. The van der Waals surface area contributed by atoms with Crippen LogP contribution in [-0.4, -0.2) is 24.9 Å². The van der Waals surface area contributed by atoms with Gasteiger partial charge in [-0.3, -0.25) is 9.59 Å². The number of carbonyl (C=O) groups is 2. The van der Waals surface area contributed by atoms with Gasteiger partial charge in [0, 0.05) is 23.5 Å². The smallest absolute Gasteiger partial charge is 0.251 e. The molecule has 23 heavy (non-hydrogen) atoms. The summed E-state index contributed by atoms with van der Waals surface area (Å²) in [6, 6.07) is 14.7. The summed E-state index contributed by atoms with van der Waals surface area (Å²) in [5, 5.41) is 8.58. The molecule has 2 aromatic carbocycles. The molecular formula is C18H21N3O2. The first-order valence-electron chi connectivity index (χ1n) is 7.57. The Labute approximate surface area is 136 Å². The Morgan fingerprint density at radius 2 is 1.74 bits per heavy atom. The van der Waals surface area contributed by atoms with Gasteiger partial charge in [0.1, 0.15) is 0 Å². The molecule has 2 aromatic rings. The highest BCUT2D eigenvalue weighted by molar-refractivity contribution is 5.96. The van der Waals surface area contributed by atoms with Crippen LogP contribution in [0.2, 0.25) is 0 Å². The van der Waals surface area contributed by atoms with Crippen molar-refractivity contribution in [1.82, 2.24) is 5.32 Å². The van der Waals surface area contributed by atoms with Crippen LogP contribution >= 0.6 is 0 Å². The zero-order chi connectivity index (χ0) is 16.7. The van der Waals surface area contributed by atoms with E-state index in [0.717, 1.165) is 16.9 Å². The Morgan fingerprint density at radius 3 is 2.43 bits per heavy atom. The molecule has 120 valence electrons. The van der Waals surface area contributed by atoms with Gasteiger partial charge in [-0.05, 0) is 44.2 Å². The normalized spacial score (nSPS) is 10.0. The van der Waals surface area contributed by atoms with E-state index in [-0.39, 0.29) is 18.4 Å². The molecule has 0 radical (unpaired) electrons. The molecular weight excluding hydrogens is 290 g/mol. The maximum Gasteiger partial charge on any atom is 0.251 e. The average molecular weight is 311 g/mol. The summed E-state index contributed by atoms with van der Waals surface area (Å²) in [6.07, 6.45) is 0. The average Bonchev–Trinajstić information content (AvgIpc) is 2.56. The molecule has 2 rings (SSSR count). The highest BCUT2D eigenvalue weighted by Gasteiger charge is 2.06. The predicted molar refractivity (Wildman–Crippen MR) is 92.7 cm³/mol. The third kappa shape index (κ3) is 5.14. The van der Waals surface area contributed by atoms with E-state index in [1.54, 1.807) is 18.2 Å². The lowest BCUT2D eigenvalue weighted by atomic mass is 10.2. The van der Waals surface area contributed by atoms with Crippen molar-refractivity contribution in [3.8, 4) is 0 Å². The molecule has 0 aliphatic carbocycles. The maximum atomic E-state index is 11.9. The van der Waals surface area contributed by atoms with Gasteiger partial charge < -0.3 is 16.0 Å². The molecule has 0 saturated heterocycles. The molecule has 5 nitrogen and oxygen atoms in total. The summed E-state index contributed by atoms with van der Waals surface area (Å²) in [7, 11) is 0. The van der Waals surface area contributed by atoms with Crippen LogP contribution < -0.4 is 16.0 Å². The minimum absolute atomic E-state index is 0.125. The lowest BCUT2D eigenvalue weighted by molar-refractivity contribution is -0.114. The zero-order valence-corrected chi connectivity index (χ0v) is 13.3. The van der Waals surface area contributed by atoms with Crippen LogP contribution in [0.3, 0.4) is 0 Å². The Morgan fingerprint density at radius 1 is 1.00 bits per heavy atom. The molecule has 0 spiro atoms. The van der Waals surface area contributed by atoms with Crippen molar-refractivity contribution >= 4 is 23.2 Å². The topological polar surface area (TPSA) is 70.2 Å². The fourth-order valence-electron chi connectivity index (χ4n) is 2.06. The van der Waals surface area contributed by atoms with Gasteiger partial charge in [0.2, 0.25) is 5.91 Å². The summed E-state index contributed by atoms with van der Waals surface area (Å²) in [5.74, 6) is -0.266. The third-order valence-electron chi connectivity index (χ3n) is 3.25. The van der Waals surface area contributed by atoms with Crippen molar-refractivity contribution in [3.05, 3.63) is 59.7 Å². The number of rotatable bonds is 6. The minimum Gasteiger partial charge on any atom is -0.376 e. The molecule has 0 saturated carbocycles. The van der Waals surface area contributed by atoms with E-state index >= 15 is 0 Å². The van der Waals surface area contributed by atoms with E-state index in [0.29, 0.717) is 12.1 Å². The van der Waals surface area contributed by atoms with Crippen molar-refractivity contribution in [2.75, 3.05) is 23.7 Å². The van der Waals surface area contributed by atoms with Crippen molar-refractivity contribution in [2.24, 2.45) is 0 Å². The molecule has 0 heterocycles. The number of nitrogens with one attached hydrogen (secondary N) is 3. The SMILES string of the molecule is CCNC(=O)c1cccc(NCC(=O)Nc2ccc(C)cc2)c1. The number of aryl methyl sites for hydroxylation is 1. The van der Waals surface area contributed by atoms with E-state index in [9.17, 15) is 9.59 Å². The molecule has 0 unspecified atom stereocenters. The number of amides is 2. The molecule has 2 amide bonds. The van der Waals surface area contributed by atoms with Gasteiger partial charge in [-0.15, -0.1) is 0 Å². The molecule has 5 heteroatoms. The highest BCUT2D eigenvalue weighted by Crippen LogP contribution is 2.11. The number of benzene rings is 2. The summed E-state index contributed by atoms with van der Waals surface area (Å²) < 4.78 is 0. The summed E-state index contributed by atoms with van der Waals surface area (Å²) >= 11 is 0. The predicted octanol–water partition coefficient (Wildman–Crippen LogP) is 2.80. The summed E-state index contributed by atoms with van der Waals surface area (Å²) in [6.45, 7) is 4.58. The Balaban J connectivity index is 1.90. The first-order chi connectivity index (χ1) is 11.1. The van der Waals surface area contributed by atoms with Crippen LogP contribution in [0.15, 0.2) is 48.5 Å². The van der Waals surface area contributed by atoms with Crippen LogP contribution in [0.1, 0.15) is 22.8 Å². The minimum atomic E-state index is -0.141. The van der Waals surface area contributed by atoms with Crippen molar-refractivity contribution in [1.29, 1.82) is 0 Å². The molecule has 0 fully saturated rings. The molecule has 0 bridgehead atoms. The number of hydrogen-bond donors (Lipinski definition) is 3. The van der Waals surface area contributed by atoms with Gasteiger partial charge in [0.25, 0.3) is 5.91 Å². The van der Waals surface area contributed by atoms with Gasteiger partial charge in [0.05, 0.1) is 6.54 Å². The summed E-state index contributed by atoms with van der Waals surface area (Å²) in [4.78, 5) is 23.7. The number of carbonyl (C=O) groups excluding carboxylic acids is 2. The zero-order valence-electron chi connectivity index (χ0n) is 13.3. The van der Waals surface area contributed by atoms with Crippen LogP contribution in [0.25, 0.3) is 0 Å². The van der Waals surface area contributed by atoms with Crippen molar-refractivity contribution < 1.29 is 9.59 Å². The third-order valence-corrected chi connectivity index (χ3v) is 3.25. The fourth-order valence-corrected chi connectivity index (χ4v) is 2.06. The molecule has 0 aliphatic heterocycles. The second-order valence-electron chi connectivity index (χ2n) is 5.21. The Kier molecular flexibility index (Phi) is 5.74. The van der Waals surface area contributed by atoms with Crippen LogP contribution in [0.5, 0.6) is 0 Å². The first-order valence-corrected chi connectivity index (χ1v) is 7.57. The van der Waals surface area contributed by atoms with Gasteiger partial charge in [-0.25, -0.2) is 0 Å². The van der Waals surface area contributed by atoms with Crippen LogP contribution in [0, 0.1) is 6.92 Å². The molecule has 3 N–H and O–H groups in total. The second-order valence-corrected chi connectivity index (χ2v) is 5.21. The monoisotopic (exact) mass is 311 g/mol. The van der Waals surface area contributed by atoms with Crippen molar-refractivity contribution in [3.63, 3.8) is 0 Å². The van der Waals surface area contributed by atoms with E-state index in [4.69, 9.17) is 0 Å². The quantitative estimate of drug-likeness (QED) is 0.768. The van der Waals surface area contributed by atoms with Gasteiger partial charge in [0.15, 0.2) is 0 Å². The molecule has 0 aromatic heterocycles. The fraction of sp³-hybridized carbons (Fsp3) is 0.222. The van der Waals surface area contributed by atoms with E-state index in [2.05, 4.69) is 16.0 Å². The van der Waals surface area contributed by atoms with Gasteiger partial charge in [-0.2, -0.15) is 0 Å². The largest absolute Gasteiger partial charge is 0.376 e.